The molecular formula is C14H19N3O2. The average molecular weight is 261 g/mol. The van der Waals surface area contributed by atoms with Crippen molar-refractivity contribution < 1.29 is 4.74 Å². The smallest absolute Gasteiger partial charge is 0.275 e. The lowest BCUT2D eigenvalue weighted by atomic mass is 10.2. The third-order valence-corrected chi connectivity index (χ3v) is 3.03. The van der Waals surface area contributed by atoms with E-state index in [0.29, 0.717) is 12.1 Å². The molecule has 19 heavy (non-hydrogen) atoms. The summed E-state index contributed by atoms with van der Waals surface area (Å²) in [6, 6.07) is 7.51. The molecule has 5 heteroatoms. The van der Waals surface area contributed by atoms with Crippen LogP contribution >= 0.6 is 0 Å². The molecule has 2 rings (SSSR count). The zero-order valence-corrected chi connectivity index (χ0v) is 11.4. The SMILES string of the molecule is COCCCN(C)Cn1ncc2ccccc2c1=O. The number of methoxy groups -OCH3 is 1. The molecule has 0 aliphatic heterocycles. The third-order valence-electron chi connectivity index (χ3n) is 3.03. The van der Waals surface area contributed by atoms with Crippen LogP contribution in [0.1, 0.15) is 6.42 Å². The van der Waals surface area contributed by atoms with Crippen LogP contribution in [0, 0.1) is 0 Å². The molecule has 0 unspecified atom stereocenters. The van der Waals surface area contributed by atoms with E-state index in [2.05, 4.69) is 10.00 Å². The summed E-state index contributed by atoms with van der Waals surface area (Å²) in [4.78, 5) is 14.3. The number of fused-ring (bicyclic) bond motifs is 1. The highest BCUT2D eigenvalue weighted by molar-refractivity contribution is 5.80. The summed E-state index contributed by atoms with van der Waals surface area (Å²) < 4.78 is 6.51. The van der Waals surface area contributed by atoms with Crippen LogP contribution < -0.4 is 5.56 Å². The number of hydrogen-bond acceptors (Lipinski definition) is 4. The van der Waals surface area contributed by atoms with Gasteiger partial charge in [-0.3, -0.25) is 9.69 Å². The highest BCUT2D eigenvalue weighted by Crippen LogP contribution is 2.06. The van der Waals surface area contributed by atoms with Gasteiger partial charge in [-0.2, -0.15) is 5.10 Å². The maximum atomic E-state index is 12.2. The summed E-state index contributed by atoms with van der Waals surface area (Å²) in [5, 5.41) is 5.80. The Balaban J connectivity index is 2.13. The van der Waals surface area contributed by atoms with Crippen molar-refractivity contribution in [2.75, 3.05) is 27.3 Å². The summed E-state index contributed by atoms with van der Waals surface area (Å²) in [5.74, 6) is 0. The van der Waals surface area contributed by atoms with Crippen LogP contribution in [0.3, 0.4) is 0 Å². The van der Waals surface area contributed by atoms with E-state index in [4.69, 9.17) is 4.74 Å². The van der Waals surface area contributed by atoms with Crippen molar-refractivity contribution in [3.8, 4) is 0 Å². The summed E-state index contributed by atoms with van der Waals surface area (Å²) in [5.41, 5.74) is -0.0447. The normalized spacial score (nSPS) is 11.3. The molecule has 0 spiro atoms. The minimum atomic E-state index is -0.0447. The lowest BCUT2D eigenvalue weighted by molar-refractivity contribution is 0.167. The largest absolute Gasteiger partial charge is 0.385 e. The minimum absolute atomic E-state index is 0.0447. The fourth-order valence-electron chi connectivity index (χ4n) is 2.01. The molecule has 1 aromatic carbocycles. The first-order valence-electron chi connectivity index (χ1n) is 6.34. The standard InChI is InChI=1S/C14H19N3O2/c1-16(8-5-9-19-2)11-17-14(18)13-7-4-3-6-12(13)10-15-17/h3-4,6-7,10H,5,8-9,11H2,1-2H3. The summed E-state index contributed by atoms with van der Waals surface area (Å²) in [7, 11) is 3.66. The highest BCUT2D eigenvalue weighted by Gasteiger charge is 2.05. The van der Waals surface area contributed by atoms with Crippen LogP contribution in [-0.2, 0) is 11.4 Å². The Labute approximate surface area is 112 Å². The van der Waals surface area contributed by atoms with E-state index in [1.54, 1.807) is 13.3 Å². The van der Waals surface area contributed by atoms with Gasteiger partial charge in [0.15, 0.2) is 0 Å². The fraction of sp³-hybridized carbons (Fsp3) is 0.429. The molecule has 0 radical (unpaired) electrons. The quantitative estimate of drug-likeness (QED) is 0.736. The second-order valence-electron chi connectivity index (χ2n) is 4.60. The molecule has 0 saturated carbocycles. The number of ether oxygens (including phenoxy) is 1. The van der Waals surface area contributed by atoms with Gasteiger partial charge in [0.05, 0.1) is 18.3 Å². The van der Waals surface area contributed by atoms with Gasteiger partial charge in [-0.05, 0) is 19.5 Å². The Hall–Kier alpha value is -1.72. The molecule has 5 nitrogen and oxygen atoms in total. The van der Waals surface area contributed by atoms with Gasteiger partial charge < -0.3 is 4.74 Å². The fourth-order valence-corrected chi connectivity index (χ4v) is 2.01. The topological polar surface area (TPSA) is 47.4 Å². The van der Waals surface area contributed by atoms with Crippen LogP contribution in [0.4, 0.5) is 0 Å². The van der Waals surface area contributed by atoms with E-state index in [9.17, 15) is 4.79 Å². The van der Waals surface area contributed by atoms with E-state index >= 15 is 0 Å². The maximum Gasteiger partial charge on any atom is 0.275 e. The molecule has 0 N–H and O–H groups in total. The van der Waals surface area contributed by atoms with Gasteiger partial charge in [0.1, 0.15) is 0 Å². The molecule has 0 saturated heterocycles. The van der Waals surface area contributed by atoms with Gasteiger partial charge in [0, 0.05) is 25.6 Å². The van der Waals surface area contributed by atoms with Crippen LogP contribution in [-0.4, -0.2) is 42.0 Å². The van der Waals surface area contributed by atoms with Gasteiger partial charge in [-0.25, -0.2) is 4.68 Å². The van der Waals surface area contributed by atoms with Gasteiger partial charge >= 0.3 is 0 Å². The second kappa shape index (κ2) is 6.45. The first-order chi connectivity index (χ1) is 9.22. The predicted molar refractivity (Wildman–Crippen MR) is 75.1 cm³/mol. The monoisotopic (exact) mass is 261 g/mol. The number of benzene rings is 1. The van der Waals surface area contributed by atoms with Crippen molar-refractivity contribution in [2.45, 2.75) is 13.1 Å². The Morgan fingerprint density at radius 2 is 2.16 bits per heavy atom. The van der Waals surface area contributed by atoms with Crippen molar-refractivity contribution in [3.05, 3.63) is 40.8 Å². The Kier molecular flexibility index (Phi) is 4.65. The zero-order chi connectivity index (χ0) is 13.7. The number of nitrogens with zero attached hydrogens (tertiary/aromatic N) is 3. The average Bonchev–Trinajstić information content (AvgIpc) is 2.43. The van der Waals surface area contributed by atoms with Crippen molar-refractivity contribution >= 4 is 10.8 Å². The molecule has 1 heterocycles. The van der Waals surface area contributed by atoms with Crippen molar-refractivity contribution in [3.63, 3.8) is 0 Å². The molecular weight excluding hydrogens is 242 g/mol. The summed E-state index contributed by atoms with van der Waals surface area (Å²) in [6.45, 7) is 2.09. The zero-order valence-electron chi connectivity index (χ0n) is 11.4. The Bertz CT molecular complexity index is 595. The molecule has 2 aromatic rings. The second-order valence-corrected chi connectivity index (χ2v) is 4.60. The Morgan fingerprint density at radius 1 is 1.37 bits per heavy atom. The van der Waals surface area contributed by atoms with E-state index in [1.807, 2.05) is 31.3 Å². The van der Waals surface area contributed by atoms with E-state index < -0.39 is 0 Å². The molecule has 1 aromatic heterocycles. The third kappa shape index (κ3) is 3.39. The molecule has 0 bridgehead atoms. The molecule has 0 atom stereocenters. The molecule has 0 aliphatic carbocycles. The number of hydrogen-bond donors (Lipinski definition) is 0. The lowest BCUT2D eigenvalue weighted by Crippen LogP contribution is -2.32. The van der Waals surface area contributed by atoms with Crippen LogP contribution in [0.2, 0.25) is 0 Å². The van der Waals surface area contributed by atoms with Crippen molar-refractivity contribution in [2.24, 2.45) is 0 Å². The number of rotatable bonds is 6. The van der Waals surface area contributed by atoms with E-state index in [1.165, 1.54) is 4.68 Å². The number of aromatic nitrogens is 2. The van der Waals surface area contributed by atoms with Crippen molar-refractivity contribution in [1.82, 2.24) is 14.7 Å². The highest BCUT2D eigenvalue weighted by atomic mass is 16.5. The minimum Gasteiger partial charge on any atom is -0.385 e. The van der Waals surface area contributed by atoms with Crippen LogP contribution in [0.25, 0.3) is 10.8 Å². The van der Waals surface area contributed by atoms with Gasteiger partial charge in [-0.1, -0.05) is 18.2 Å². The lowest BCUT2D eigenvalue weighted by Gasteiger charge is -2.17. The predicted octanol–water partition coefficient (Wildman–Crippen LogP) is 1.32. The van der Waals surface area contributed by atoms with Gasteiger partial charge in [0.25, 0.3) is 5.56 Å². The van der Waals surface area contributed by atoms with E-state index in [0.717, 1.165) is 25.0 Å². The molecule has 0 aliphatic rings. The Morgan fingerprint density at radius 3 is 2.95 bits per heavy atom. The maximum absolute atomic E-state index is 12.2. The summed E-state index contributed by atoms with van der Waals surface area (Å²) >= 11 is 0. The van der Waals surface area contributed by atoms with Crippen LogP contribution in [0.5, 0.6) is 0 Å². The molecule has 0 fully saturated rings. The van der Waals surface area contributed by atoms with Gasteiger partial charge in [-0.15, -0.1) is 0 Å². The van der Waals surface area contributed by atoms with Crippen LogP contribution in [0.15, 0.2) is 35.3 Å². The first-order valence-corrected chi connectivity index (χ1v) is 6.34. The van der Waals surface area contributed by atoms with E-state index in [-0.39, 0.29) is 5.56 Å². The summed E-state index contributed by atoms with van der Waals surface area (Å²) in [6.07, 6.45) is 2.68. The first kappa shape index (κ1) is 13.7. The molecule has 0 amide bonds. The van der Waals surface area contributed by atoms with Gasteiger partial charge in [0.2, 0.25) is 0 Å². The molecule has 102 valence electrons. The van der Waals surface area contributed by atoms with Crippen molar-refractivity contribution in [1.29, 1.82) is 0 Å².